The summed E-state index contributed by atoms with van der Waals surface area (Å²) in [5.41, 5.74) is -0.274. The van der Waals surface area contributed by atoms with Crippen molar-refractivity contribution in [2.75, 3.05) is 6.54 Å². The van der Waals surface area contributed by atoms with Crippen molar-refractivity contribution in [2.45, 2.75) is 40.2 Å². The summed E-state index contributed by atoms with van der Waals surface area (Å²) in [5.74, 6) is 0.168. The molecule has 3 heteroatoms. The maximum absolute atomic E-state index is 11.7. The van der Waals surface area contributed by atoms with Crippen molar-refractivity contribution in [1.29, 1.82) is 0 Å². The van der Waals surface area contributed by atoms with Crippen LogP contribution in [0, 0.1) is 5.41 Å². The molecule has 1 aliphatic rings. The van der Waals surface area contributed by atoms with Gasteiger partial charge < -0.3 is 4.90 Å². The lowest BCUT2D eigenvalue weighted by molar-refractivity contribution is -0.140. The minimum atomic E-state index is -0.274. The number of hydrogen-bond donors (Lipinski definition) is 0. The number of rotatable bonds is 2. The minimum Gasteiger partial charge on any atom is -0.332 e. The van der Waals surface area contributed by atoms with Gasteiger partial charge in [0.05, 0.1) is 6.04 Å². The molecule has 0 aromatic rings. The van der Waals surface area contributed by atoms with Gasteiger partial charge in [-0.25, -0.2) is 0 Å². The fourth-order valence-electron chi connectivity index (χ4n) is 1.59. The van der Waals surface area contributed by atoms with E-state index in [9.17, 15) is 9.59 Å². The van der Waals surface area contributed by atoms with Crippen LogP contribution in [0.25, 0.3) is 0 Å². The topological polar surface area (TPSA) is 37.4 Å². The Kier molecular flexibility index (Phi) is 2.46. The Labute approximate surface area is 79.1 Å². The number of carbonyl (C=O) groups excluding carboxylic acids is 2. The third-order valence-corrected chi connectivity index (χ3v) is 2.87. The summed E-state index contributed by atoms with van der Waals surface area (Å²) in [5, 5.41) is 0. The molecule has 1 heterocycles. The number of Topliss-reactive ketones (excluding diaryl/α,β-unsaturated/α-hetero) is 1. The lowest BCUT2D eigenvalue weighted by atomic mass is 9.92. The zero-order valence-corrected chi connectivity index (χ0v) is 8.76. The molecule has 0 N–H and O–H groups in total. The van der Waals surface area contributed by atoms with Gasteiger partial charge in [-0.15, -0.1) is 0 Å². The fraction of sp³-hybridized carbons (Fsp3) is 0.800. The van der Waals surface area contributed by atoms with Gasteiger partial charge in [0.2, 0.25) is 5.91 Å². The Morgan fingerprint density at radius 1 is 1.54 bits per heavy atom. The zero-order valence-electron chi connectivity index (χ0n) is 8.76. The quantitative estimate of drug-likeness (QED) is 0.645. The minimum absolute atomic E-state index is 0.0612. The first-order chi connectivity index (χ1) is 5.86. The van der Waals surface area contributed by atoms with Crippen LogP contribution in [0.4, 0.5) is 0 Å². The third kappa shape index (κ3) is 1.74. The van der Waals surface area contributed by atoms with Gasteiger partial charge in [0, 0.05) is 12.0 Å². The molecule has 0 spiro atoms. The van der Waals surface area contributed by atoms with Crippen molar-refractivity contribution < 1.29 is 9.59 Å². The van der Waals surface area contributed by atoms with Gasteiger partial charge in [0.1, 0.15) is 0 Å². The first kappa shape index (κ1) is 10.2. The predicted octanol–water partition coefficient (Wildman–Crippen LogP) is 1.22. The van der Waals surface area contributed by atoms with Crippen LogP contribution < -0.4 is 0 Å². The van der Waals surface area contributed by atoms with Gasteiger partial charge in [-0.3, -0.25) is 9.59 Å². The van der Waals surface area contributed by atoms with Crippen molar-refractivity contribution in [3.05, 3.63) is 0 Å². The average molecular weight is 183 g/mol. The number of hydrogen-bond acceptors (Lipinski definition) is 2. The molecule has 1 atom stereocenters. The van der Waals surface area contributed by atoms with Crippen molar-refractivity contribution >= 4 is 11.7 Å². The number of carbonyl (C=O) groups is 2. The molecule has 0 aliphatic carbocycles. The molecular weight excluding hydrogens is 166 g/mol. The van der Waals surface area contributed by atoms with E-state index in [4.69, 9.17) is 0 Å². The molecule has 0 saturated carbocycles. The molecule has 1 amide bonds. The van der Waals surface area contributed by atoms with Crippen LogP contribution in [-0.4, -0.2) is 29.2 Å². The summed E-state index contributed by atoms with van der Waals surface area (Å²) >= 11 is 0. The molecule has 1 rings (SSSR count). The monoisotopic (exact) mass is 183 g/mol. The first-order valence-corrected chi connectivity index (χ1v) is 4.68. The number of likely N-dealkylation sites (tertiary alicyclic amines) is 1. The molecule has 3 nitrogen and oxygen atoms in total. The Bertz CT molecular complexity index is 245. The van der Waals surface area contributed by atoms with Crippen LogP contribution in [0.15, 0.2) is 0 Å². The van der Waals surface area contributed by atoms with Gasteiger partial charge in [-0.1, -0.05) is 13.8 Å². The summed E-state index contributed by atoms with van der Waals surface area (Å²) < 4.78 is 0. The highest BCUT2D eigenvalue weighted by Gasteiger charge is 2.41. The molecular formula is C10H17NO2. The number of nitrogens with zero attached hydrogens (tertiary/aromatic N) is 1. The number of ketones is 1. The van der Waals surface area contributed by atoms with E-state index in [-0.39, 0.29) is 23.1 Å². The molecule has 13 heavy (non-hydrogen) atoms. The Hall–Kier alpha value is -0.860. The maximum atomic E-state index is 11.7. The summed E-state index contributed by atoms with van der Waals surface area (Å²) in [6.45, 7) is 7.90. The smallest absolute Gasteiger partial charge is 0.228 e. The molecule has 0 aromatic carbocycles. The number of amides is 1. The van der Waals surface area contributed by atoms with E-state index in [1.54, 1.807) is 11.8 Å². The Morgan fingerprint density at radius 2 is 2.08 bits per heavy atom. The van der Waals surface area contributed by atoms with Gasteiger partial charge in [0.15, 0.2) is 5.78 Å². The summed E-state index contributed by atoms with van der Waals surface area (Å²) in [6, 6.07) is -0.255. The van der Waals surface area contributed by atoms with Crippen LogP contribution in [0.5, 0.6) is 0 Å². The van der Waals surface area contributed by atoms with E-state index in [0.717, 1.165) is 6.42 Å². The molecule has 0 bridgehead atoms. The van der Waals surface area contributed by atoms with Gasteiger partial charge in [-0.2, -0.15) is 0 Å². The van der Waals surface area contributed by atoms with Crippen molar-refractivity contribution in [3.8, 4) is 0 Å². The molecule has 1 saturated heterocycles. The first-order valence-electron chi connectivity index (χ1n) is 4.68. The van der Waals surface area contributed by atoms with E-state index in [1.165, 1.54) is 6.92 Å². The molecule has 1 unspecified atom stereocenters. The van der Waals surface area contributed by atoms with Crippen LogP contribution in [0.1, 0.15) is 34.1 Å². The molecule has 1 fully saturated rings. The van der Waals surface area contributed by atoms with Gasteiger partial charge in [-0.05, 0) is 20.3 Å². The molecule has 0 aromatic heterocycles. The van der Waals surface area contributed by atoms with E-state index < -0.39 is 0 Å². The van der Waals surface area contributed by atoms with E-state index in [0.29, 0.717) is 6.54 Å². The van der Waals surface area contributed by atoms with Gasteiger partial charge >= 0.3 is 0 Å². The molecule has 0 radical (unpaired) electrons. The normalized spacial score (nSPS) is 23.4. The van der Waals surface area contributed by atoms with Crippen LogP contribution in [-0.2, 0) is 9.59 Å². The highest BCUT2D eigenvalue weighted by atomic mass is 16.2. The fourth-order valence-corrected chi connectivity index (χ4v) is 1.59. The van der Waals surface area contributed by atoms with E-state index in [2.05, 4.69) is 0 Å². The maximum Gasteiger partial charge on any atom is 0.228 e. The standard InChI is InChI=1S/C10H17NO2/c1-7(8(2)12)11-6-5-10(3,4)9(11)13/h7H,5-6H2,1-4H3. The predicted molar refractivity (Wildman–Crippen MR) is 50.3 cm³/mol. The summed E-state index contributed by atoms with van der Waals surface area (Å²) in [4.78, 5) is 24.5. The molecule has 1 aliphatic heterocycles. The Balaban J connectivity index is 2.76. The van der Waals surface area contributed by atoms with E-state index >= 15 is 0 Å². The second kappa shape index (κ2) is 3.13. The second-order valence-corrected chi connectivity index (χ2v) is 4.42. The largest absolute Gasteiger partial charge is 0.332 e. The van der Waals surface area contributed by atoms with Crippen LogP contribution in [0.2, 0.25) is 0 Å². The lowest BCUT2D eigenvalue weighted by Gasteiger charge is -2.24. The zero-order chi connectivity index (χ0) is 10.2. The lowest BCUT2D eigenvalue weighted by Crippen LogP contribution is -2.41. The summed E-state index contributed by atoms with van der Waals surface area (Å²) in [7, 11) is 0. The highest BCUT2D eigenvalue weighted by molar-refractivity contribution is 5.90. The van der Waals surface area contributed by atoms with Crippen molar-refractivity contribution in [1.82, 2.24) is 4.90 Å². The van der Waals surface area contributed by atoms with E-state index in [1.807, 2.05) is 13.8 Å². The van der Waals surface area contributed by atoms with Crippen molar-refractivity contribution in [3.63, 3.8) is 0 Å². The SMILES string of the molecule is CC(=O)C(C)N1CCC(C)(C)C1=O. The summed E-state index contributed by atoms with van der Waals surface area (Å²) in [6.07, 6.45) is 0.851. The third-order valence-electron chi connectivity index (χ3n) is 2.87. The van der Waals surface area contributed by atoms with Gasteiger partial charge in [0.25, 0.3) is 0 Å². The highest BCUT2D eigenvalue weighted by Crippen LogP contribution is 2.31. The van der Waals surface area contributed by atoms with Crippen molar-refractivity contribution in [2.24, 2.45) is 5.41 Å². The Morgan fingerprint density at radius 3 is 2.38 bits per heavy atom. The second-order valence-electron chi connectivity index (χ2n) is 4.42. The van der Waals surface area contributed by atoms with Crippen LogP contribution >= 0.6 is 0 Å². The average Bonchev–Trinajstić information content (AvgIpc) is 2.27. The van der Waals surface area contributed by atoms with Crippen LogP contribution in [0.3, 0.4) is 0 Å². The molecule has 74 valence electrons.